The predicted octanol–water partition coefficient (Wildman–Crippen LogP) is 7.39. The largest absolute Gasteiger partial charge is 0.316 e. The predicted molar refractivity (Wildman–Crippen MR) is 129 cm³/mol. The summed E-state index contributed by atoms with van der Waals surface area (Å²) in [6.07, 6.45) is 4.27. The second-order valence-corrected chi connectivity index (χ2v) is 8.98. The Balaban J connectivity index is 1.54. The van der Waals surface area contributed by atoms with E-state index < -0.39 is 0 Å². The van der Waals surface area contributed by atoms with E-state index in [1.165, 1.54) is 71.7 Å². The molecule has 0 fully saturated rings. The van der Waals surface area contributed by atoms with Crippen LogP contribution in [0.5, 0.6) is 0 Å². The van der Waals surface area contributed by atoms with E-state index in [0.29, 0.717) is 0 Å². The van der Waals surface area contributed by atoms with Crippen LogP contribution in [0.15, 0.2) is 91.1 Å². The molecule has 0 spiro atoms. The fourth-order valence-electron chi connectivity index (χ4n) is 6.12. The van der Waals surface area contributed by atoms with Gasteiger partial charge in [-0.3, -0.25) is 0 Å². The molecule has 31 heavy (non-hydrogen) atoms. The van der Waals surface area contributed by atoms with Gasteiger partial charge < -0.3 is 4.40 Å². The Kier molecular flexibility index (Phi) is 2.80. The van der Waals surface area contributed by atoms with E-state index in [0.717, 1.165) is 12.8 Å². The first-order valence-electron chi connectivity index (χ1n) is 11.0. The second kappa shape index (κ2) is 5.44. The Bertz CT molecular complexity index is 1730. The number of pyridine rings is 1. The SMILES string of the molecule is c1ccc2c(c1)Cc1cc3c(cc1-2)-c1c(ccc2c1c1ccccc1n1cccc21)C3. The highest BCUT2D eigenvalue weighted by Gasteiger charge is 2.27. The molecule has 4 aromatic carbocycles. The molecule has 2 heterocycles. The summed E-state index contributed by atoms with van der Waals surface area (Å²) in [6.45, 7) is 0. The first-order chi connectivity index (χ1) is 15.4. The molecule has 0 saturated heterocycles. The van der Waals surface area contributed by atoms with Gasteiger partial charge in [0.25, 0.3) is 0 Å². The molecule has 0 N–H and O–H groups in total. The first kappa shape index (κ1) is 15.9. The average molecular weight is 393 g/mol. The number of hydrogen-bond acceptors (Lipinski definition) is 0. The number of nitrogens with zero attached hydrogens (tertiary/aromatic N) is 1. The molecule has 144 valence electrons. The molecule has 1 nitrogen and oxygen atoms in total. The van der Waals surface area contributed by atoms with E-state index in [-0.39, 0.29) is 0 Å². The van der Waals surface area contributed by atoms with Crippen LogP contribution in [0.3, 0.4) is 0 Å². The summed E-state index contributed by atoms with van der Waals surface area (Å²) in [5.74, 6) is 0. The number of fused-ring (bicyclic) bond motifs is 13. The van der Waals surface area contributed by atoms with Gasteiger partial charge in [-0.25, -0.2) is 0 Å². The summed E-state index contributed by atoms with van der Waals surface area (Å²) in [5.41, 5.74) is 14.2. The summed E-state index contributed by atoms with van der Waals surface area (Å²) < 4.78 is 2.33. The summed E-state index contributed by atoms with van der Waals surface area (Å²) in [7, 11) is 0. The lowest BCUT2D eigenvalue weighted by Crippen LogP contribution is -1.92. The van der Waals surface area contributed by atoms with Crippen LogP contribution in [0.4, 0.5) is 0 Å². The maximum atomic E-state index is 2.48. The second-order valence-electron chi connectivity index (χ2n) is 8.98. The van der Waals surface area contributed by atoms with Crippen LogP contribution < -0.4 is 0 Å². The van der Waals surface area contributed by atoms with Crippen LogP contribution >= 0.6 is 0 Å². The van der Waals surface area contributed by atoms with E-state index in [9.17, 15) is 0 Å². The summed E-state index contributed by atoms with van der Waals surface area (Å²) in [4.78, 5) is 0. The van der Waals surface area contributed by atoms with Crippen molar-refractivity contribution in [3.8, 4) is 22.3 Å². The van der Waals surface area contributed by atoms with E-state index in [1.54, 1.807) is 0 Å². The Morgan fingerprint density at radius 2 is 1.26 bits per heavy atom. The van der Waals surface area contributed by atoms with Gasteiger partial charge >= 0.3 is 0 Å². The van der Waals surface area contributed by atoms with Crippen LogP contribution in [0.2, 0.25) is 0 Å². The smallest absolute Gasteiger partial charge is 0.0535 e. The molecule has 0 amide bonds. The molecule has 1 heteroatoms. The molecule has 2 aliphatic carbocycles. The molecule has 6 aromatic rings. The van der Waals surface area contributed by atoms with Gasteiger partial charge in [-0.05, 0) is 81.6 Å². The highest BCUT2D eigenvalue weighted by molar-refractivity contribution is 6.20. The van der Waals surface area contributed by atoms with Crippen molar-refractivity contribution in [2.24, 2.45) is 0 Å². The van der Waals surface area contributed by atoms with Crippen molar-refractivity contribution < 1.29 is 0 Å². The van der Waals surface area contributed by atoms with Crippen molar-refractivity contribution in [2.75, 3.05) is 0 Å². The maximum Gasteiger partial charge on any atom is 0.0535 e. The Morgan fingerprint density at radius 3 is 2.23 bits per heavy atom. The third-order valence-electron chi connectivity index (χ3n) is 7.42. The van der Waals surface area contributed by atoms with E-state index in [4.69, 9.17) is 0 Å². The molecule has 8 rings (SSSR count). The fourth-order valence-corrected chi connectivity index (χ4v) is 6.12. The van der Waals surface area contributed by atoms with Crippen LogP contribution in [0, 0.1) is 0 Å². The van der Waals surface area contributed by atoms with Crippen molar-refractivity contribution in [1.29, 1.82) is 0 Å². The molecular weight excluding hydrogens is 374 g/mol. The van der Waals surface area contributed by atoms with Gasteiger partial charge in [0.15, 0.2) is 0 Å². The Labute approximate surface area is 180 Å². The zero-order valence-corrected chi connectivity index (χ0v) is 17.0. The lowest BCUT2D eigenvalue weighted by atomic mass is 9.93. The van der Waals surface area contributed by atoms with Gasteiger partial charge in [0.2, 0.25) is 0 Å². The van der Waals surface area contributed by atoms with Crippen molar-refractivity contribution in [2.45, 2.75) is 12.8 Å². The first-order valence-corrected chi connectivity index (χ1v) is 11.0. The van der Waals surface area contributed by atoms with Crippen LogP contribution in [-0.4, -0.2) is 4.40 Å². The Morgan fingerprint density at radius 1 is 0.516 bits per heavy atom. The normalized spacial score (nSPS) is 13.5. The summed E-state index contributed by atoms with van der Waals surface area (Å²) >= 11 is 0. The molecule has 2 aromatic heterocycles. The molecular formula is C30H19N. The number of benzene rings is 4. The van der Waals surface area contributed by atoms with Gasteiger partial charge in [-0.2, -0.15) is 0 Å². The molecule has 0 atom stereocenters. The third-order valence-corrected chi connectivity index (χ3v) is 7.42. The van der Waals surface area contributed by atoms with Gasteiger partial charge in [-0.15, -0.1) is 0 Å². The van der Waals surface area contributed by atoms with E-state index in [2.05, 4.69) is 95.5 Å². The zero-order valence-electron chi connectivity index (χ0n) is 17.0. The van der Waals surface area contributed by atoms with Crippen LogP contribution in [0.1, 0.15) is 22.3 Å². The van der Waals surface area contributed by atoms with E-state index in [1.807, 2.05) is 0 Å². The Hall–Kier alpha value is -3.84. The molecule has 0 unspecified atom stereocenters. The zero-order chi connectivity index (χ0) is 20.1. The fraction of sp³-hybridized carbons (Fsp3) is 0.0667. The van der Waals surface area contributed by atoms with E-state index >= 15 is 0 Å². The molecule has 0 aliphatic heterocycles. The molecule has 2 aliphatic rings. The van der Waals surface area contributed by atoms with Crippen molar-refractivity contribution in [1.82, 2.24) is 4.40 Å². The maximum absolute atomic E-state index is 2.48. The van der Waals surface area contributed by atoms with Gasteiger partial charge in [0.05, 0.1) is 11.0 Å². The van der Waals surface area contributed by atoms with Crippen molar-refractivity contribution >= 4 is 27.2 Å². The van der Waals surface area contributed by atoms with Crippen LogP contribution in [-0.2, 0) is 12.8 Å². The highest BCUT2D eigenvalue weighted by Crippen LogP contribution is 2.48. The summed E-state index contributed by atoms with van der Waals surface area (Å²) in [6, 6.07) is 31.8. The minimum absolute atomic E-state index is 1.03. The standard InChI is InChI=1S/C30H19N/c1-2-7-22-18(6-1)14-20-16-21-15-19-11-12-24-28-10-5-13-31(28)27-9-4-3-8-23(27)30(24)29(19)26(21)17-25(20)22/h1-13,16-17H,14-15H2. The number of para-hydroxylation sites is 1. The number of aromatic nitrogens is 1. The third kappa shape index (κ3) is 1.92. The monoisotopic (exact) mass is 393 g/mol. The number of rotatable bonds is 0. The van der Waals surface area contributed by atoms with Gasteiger partial charge in [0.1, 0.15) is 0 Å². The van der Waals surface area contributed by atoms with Crippen molar-refractivity contribution in [3.63, 3.8) is 0 Å². The summed E-state index contributed by atoms with van der Waals surface area (Å²) in [5, 5.41) is 4.09. The minimum atomic E-state index is 1.03. The van der Waals surface area contributed by atoms with Gasteiger partial charge in [0, 0.05) is 22.4 Å². The molecule has 0 bridgehead atoms. The quantitative estimate of drug-likeness (QED) is 0.237. The van der Waals surface area contributed by atoms with Gasteiger partial charge in [-0.1, -0.05) is 60.7 Å². The lowest BCUT2D eigenvalue weighted by molar-refractivity contribution is 1.21. The minimum Gasteiger partial charge on any atom is -0.316 e. The highest BCUT2D eigenvalue weighted by atomic mass is 14.9. The van der Waals surface area contributed by atoms with Crippen molar-refractivity contribution in [3.05, 3.63) is 113 Å². The molecule has 0 radical (unpaired) electrons. The topological polar surface area (TPSA) is 4.41 Å². The number of hydrogen-bond donors (Lipinski definition) is 0. The average Bonchev–Trinajstić information content (AvgIpc) is 3.52. The lowest BCUT2D eigenvalue weighted by Gasteiger charge is -2.14. The van der Waals surface area contributed by atoms with Crippen LogP contribution in [0.25, 0.3) is 49.4 Å². The molecule has 0 saturated carbocycles.